The molecular weight excluding hydrogens is 231 g/mol. The predicted octanol–water partition coefficient (Wildman–Crippen LogP) is 1.90. The quantitative estimate of drug-likeness (QED) is 0.893. The van der Waals surface area contributed by atoms with Crippen LogP contribution < -0.4 is 5.73 Å². The van der Waals surface area contributed by atoms with Gasteiger partial charge in [0.05, 0.1) is 13.2 Å². The van der Waals surface area contributed by atoms with Crippen molar-refractivity contribution in [2.24, 2.45) is 5.73 Å². The first-order chi connectivity index (χ1) is 8.51. The Hall–Kier alpha value is -0.970. The Balaban J connectivity index is 2.15. The van der Waals surface area contributed by atoms with Crippen LogP contribution in [0.25, 0.3) is 0 Å². The third kappa shape index (κ3) is 3.07. The number of hydrogen-bond acceptors (Lipinski definition) is 3. The van der Waals surface area contributed by atoms with E-state index in [9.17, 15) is 4.39 Å². The molecule has 0 unspecified atom stereocenters. The van der Waals surface area contributed by atoms with Crippen molar-refractivity contribution in [1.82, 2.24) is 4.90 Å². The van der Waals surface area contributed by atoms with E-state index in [4.69, 9.17) is 10.5 Å². The first-order valence-electron chi connectivity index (χ1n) is 6.32. The zero-order valence-corrected chi connectivity index (χ0v) is 11.1. The van der Waals surface area contributed by atoms with Crippen LogP contribution in [0.3, 0.4) is 0 Å². The molecule has 1 aliphatic rings. The second-order valence-electron chi connectivity index (χ2n) is 5.46. The fraction of sp³-hybridized carbons (Fsp3) is 0.571. The van der Waals surface area contributed by atoms with E-state index in [0.717, 1.165) is 30.8 Å². The lowest BCUT2D eigenvalue weighted by molar-refractivity contribution is -0.0553. The Morgan fingerprint density at radius 3 is 2.72 bits per heavy atom. The third-order valence-electron chi connectivity index (χ3n) is 3.44. The molecule has 2 rings (SSSR count). The van der Waals surface area contributed by atoms with Gasteiger partial charge < -0.3 is 10.5 Å². The molecular formula is C14H21FN2O. The van der Waals surface area contributed by atoms with Gasteiger partial charge in [0.1, 0.15) is 5.82 Å². The number of ether oxygens (including phenoxy) is 1. The highest BCUT2D eigenvalue weighted by molar-refractivity contribution is 5.24. The van der Waals surface area contributed by atoms with Crippen molar-refractivity contribution < 1.29 is 9.13 Å². The van der Waals surface area contributed by atoms with Crippen LogP contribution in [0.4, 0.5) is 4.39 Å². The molecule has 0 aliphatic carbocycles. The Morgan fingerprint density at radius 1 is 1.33 bits per heavy atom. The molecule has 0 saturated carbocycles. The highest BCUT2D eigenvalue weighted by atomic mass is 19.1. The number of nitrogens with zero attached hydrogens (tertiary/aromatic N) is 1. The Labute approximate surface area is 108 Å². The summed E-state index contributed by atoms with van der Waals surface area (Å²) in [5.74, 6) is -0.209. The molecule has 3 nitrogen and oxygen atoms in total. The standard InChI is InChI=1S/C14H21FN2O/c1-14(2)10-18-4-3-17(14)9-12-5-11(8-16)6-13(15)7-12/h5-7H,3-4,8-10,16H2,1-2H3. The van der Waals surface area contributed by atoms with E-state index in [2.05, 4.69) is 18.7 Å². The molecule has 0 aromatic heterocycles. The lowest BCUT2D eigenvalue weighted by Crippen LogP contribution is -2.52. The monoisotopic (exact) mass is 252 g/mol. The summed E-state index contributed by atoms with van der Waals surface area (Å²) in [6, 6.07) is 5.06. The van der Waals surface area contributed by atoms with Gasteiger partial charge in [-0.15, -0.1) is 0 Å². The van der Waals surface area contributed by atoms with E-state index in [-0.39, 0.29) is 11.4 Å². The molecule has 1 saturated heterocycles. The smallest absolute Gasteiger partial charge is 0.123 e. The molecule has 2 N–H and O–H groups in total. The van der Waals surface area contributed by atoms with Gasteiger partial charge in [0, 0.05) is 25.2 Å². The van der Waals surface area contributed by atoms with E-state index in [1.807, 2.05) is 6.07 Å². The minimum Gasteiger partial charge on any atom is -0.378 e. The second-order valence-corrected chi connectivity index (χ2v) is 5.46. The summed E-state index contributed by atoms with van der Waals surface area (Å²) >= 11 is 0. The molecule has 1 aliphatic heterocycles. The van der Waals surface area contributed by atoms with Gasteiger partial charge in [-0.3, -0.25) is 4.90 Å². The minimum absolute atomic E-state index is 0.00650. The van der Waals surface area contributed by atoms with Gasteiger partial charge in [0.15, 0.2) is 0 Å². The van der Waals surface area contributed by atoms with E-state index in [1.165, 1.54) is 6.07 Å². The summed E-state index contributed by atoms with van der Waals surface area (Å²) in [5.41, 5.74) is 7.39. The highest BCUT2D eigenvalue weighted by Gasteiger charge is 2.30. The maximum absolute atomic E-state index is 13.5. The Morgan fingerprint density at radius 2 is 2.06 bits per heavy atom. The van der Waals surface area contributed by atoms with E-state index < -0.39 is 0 Å². The fourth-order valence-electron chi connectivity index (χ4n) is 2.33. The number of rotatable bonds is 3. The molecule has 0 atom stereocenters. The minimum atomic E-state index is -0.209. The first-order valence-corrected chi connectivity index (χ1v) is 6.32. The van der Waals surface area contributed by atoms with Crippen LogP contribution in [0.1, 0.15) is 25.0 Å². The van der Waals surface area contributed by atoms with Crippen LogP contribution in [0.5, 0.6) is 0 Å². The largest absolute Gasteiger partial charge is 0.378 e. The third-order valence-corrected chi connectivity index (χ3v) is 3.44. The van der Waals surface area contributed by atoms with Crippen molar-refractivity contribution in [3.05, 3.63) is 35.1 Å². The van der Waals surface area contributed by atoms with Gasteiger partial charge >= 0.3 is 0 Å². The summed E-state index contributed by atoms with van der Waals surface area (Å²) < 4.78 is 18.9. The van der Waals surface area contributed by atoms with Crippen molar-refractivity contribution in [3.63, 3.8) is 0 Å². The van der Waals surface area contributed by atoms with E-state index in [1.54, 1.807) is 6.07 Å². The lowest BCUT2D eigenvalue weighted by Gasteiger charge is -2.42. The topological polar surface area (TPSA) is 38.5 Å². The number of nitrogens with two attached hydrogens (primary N) is 1. The molecule has 1 heterocycles. The maximum atomic E-state index is 13.5. The van der Waals surface area contributed by atoms with Crippen LogP contribution >= 0.6 is 0 Å². The molecule has 0 radical (unpaired) electrons. The van der Waals surface area contributed by atoms with Gasteiger partial charge in [-0.05, 0) is 37.1 Å². The van der Waals surface area contributed by atoms with Crippen LogP contribution in [-0.4, -0.2) is 30.2 Å². The van der Waals surface area contributed by atoms with E-state index >= 15 is 0 Å². The van der Waals surface area contributed by atoms with Gasteiger partial charge in [-0.1, -0.05) is 6.07 Å². The van der Waals surface area contributed by atoms with Crippen molar-refractivity contribution in [2.45, 2.75) is 32.5 Å². The highest BCUT2D eigenvalue weighted by Crippen LogP contribution is 2.22. The van der Waals surface area contributed by atoms with Gasteiger partial charge in [0.25, 0.3) is 0 Å². The lowest BCUT2D eigenvalue weighted by atomic mass is 10.0. The number of benzene rings is 1. The summed E-state index contributed by atoms with van der Waals surface area (Å²) in [7, 11) is 0. The van der Waals surface area contributed by atoms with Crippen LogP contribution in [0, 0.1) is 5.82 Å². The SMILES string of the molecule is CC1(C)COCCN1Cc1cc(F)cc(CN)c1. The molecule has 0 spiro atoms. The maximum Gasteiger partial charge on any atom is 0.123 e. The molecule has 1 aromatic rings. The normalized spacial score (nSPS) is 20.0. The number of morpholine rings is 1. The predicted molar refractivity (Wildman–Crippen MR) is 69.6 cm³/mol. The summed E-state index contributed by atoms with van der Waals surface area (Å²) in [5, 5.41) is 0. The first kappa shape index (κ1) is 13.5. The zero-order chi connectivity index (χ0) is 13.2. The molecule has 1 fully saturated rings. The number of hydrogen-bond donors (Lipinski definition) is 1. The van der Waals surface area contributed by atoms with Crippen LogP contribution in [0.15, 0.2) is 18.2 Å². The van der Waals surface area contributed by atoms with Gasteiger partial charge in [0.2, 0.25) is 0 Å². The van der Waals surface area contributed by atoms with Crippen molar-refractivity contribution in [3.8, 4) is 0 Å². The molecule has 1 aromatic carbocycles. The van der Waals surface area contributed by atoms with Crippen LogP contribution in [0.2, 0.25) is 0 Å². The second kappa shape index (κ2) is 5.34. The number of halogens is 1. The molecule has 0 bridgehead atoms. The Bertz CT molecular complexity index is 420. The van der Waals surface area contributed by atoms with Gasteiger partial charge in [-0.2, -0.15) is 0 Å². The molecule has 4 heteroatoms. The van der Waals surface area contributed by atoms with Gasteiger partial charge in [-0.25, -0.2) is 4.39 Å². The summed E-state index contributed by atoms with van der Waals surface area (Å²) in [6.45, 7) is 7.74. The van der Waals surface area contributed by atoms with Crippen molar-refractivity contribution >= 4 is 0 Å². The summed E-state index contributed by atoms with van der Waals surface area (Å²) in [4.78, 5) is 2.32. The molecule has 0 amide bonds. The van der Waals surface area contributed by atoms with Crippen LogP contribution in [-0.2, 0) is 17.8 Å². The van der Waals surface area contributed by atoms with E-state index in [0.29, 0.717) is 13.2 Å². The fourth-order valence-corrected chi connectivity index (χ4v) is 2.33. The average molecular weight is 252 g/mol. The summed E-state index contributed by atoms with van der Waals surface area (Å²) in [6.07, 6.45) is 0. The zero-order valence-electron chi connectivity index (χ0n) is 11.1. The van der Waals surface area contributed by atoms with Crippen molar-refractivity contribution in [1.29, 1.82) is 0 Å². The molecule has 100 valence electrons. The average Bonchev–Trinajstić information content (AvgIpc) is 2.31. The van der Waals surface area contributed by atoms with Crippen molar-refractivity contribution in [2.75, 3.05) is 19.8 Å². The Kier molecular flexibility index (Phi) is 4.00. The molecule has 18 heavy (non-hydrogen) atoms.